The largest absolute Gasteiger partial charge is 0.497 e. The predicted molar refractivity (Wildman–Crippen MR) is 63.9 cm³/mol. The van der Waals surface area contributed by atoms with Gasteiger partial charge < -0.3 is 9.84 Å². The van der Waals surface area contributed by atoms with Crippen molar-refractivity contribution in [1.82, 2.24) is 0 Å². The molecule has 0 aliphatic carbocycles. The van der Waals surface area contributed by atoms with Gasteiger partial charge in [-0.3, -0.25) is 0 Å². The summed E-state index contributed by atoms with van der Waals surface area (Å²) in [7, 11) is 1.61. The normalized spacial score (nSPS) is 9.50. The van der Waals surface area contributed by atoms with E-state index in [9.17, 15) is 5.11 Å². The Labute approximate surface area is 96.3 Å². The minimum absolute atomic E-state index is 0.766. The number of benzene rings is 1. The molecular formula is C14H14O2. The van der Waals surface area contributed by atoms with Gasteiger partial charge in [-0.05, 0) is 43.9 Å². The van der Waals surface area contributed by atoms with Crippen LogP contribution >= 0.6 is 0 Å². The van der Waals surface area contributed by atoms with Gasteiger partial charge in [0.15, 0.2) is 0 Å². The highest BCUT2D eigenvalue weighted by Crippen LogP contribution is 2.11. The first-order valence-electron chi connectivity index (χ1n) is 4.91. The van der Waals surface area contributed by atoms with Crippen molar-refractivity contribution in [3.8, 4) is 29.4 Å². The van der Waals surface area contributed by atoms with Crippen LogP contribution in [0.15, 0.2) is 24.3 Å². The van der Waals surface area contributed by atoms with E-state index in [1.165, 1.54) is 0 Å². The lowest BCUT2D eigenvalue weighted by molar-refractivity contribution is 0.143. The van der Waals surface area contributed by atoms with Gasteiger partial charge in [0.05, 0.1) is 7.11 Å². The fraction of sp³-hybridized carbons (Fsp3) is 0.286. The molecule has 0 saturated carbocycles. The van der Waals surface area contributed by atoms with Crippen LogP contribution in [0.1, 0.15) is 19.4 Å². The third-order valence-corrected chi connectivity index (χ3v) is 1.71. The molecule has 0 aliphatic heterocycles. The fourth-order valence-corrected chi connectivity index (χ4v) is 0.988. The average Bonchev–Trinajstić information content (AvgIpc) is 2.23. The maximum Gasteiger partial charge on any atom is 0.120 e. The zero-order chi connectivity index (χ0) is 12.0. The van der Waals surface area contributed by atoms with Crippen LogP contribution in [0, 0.1) is 23.7 Å². The van der Waals surface area contributed by atoms with Crippen molar-refractivity contribution in [2.75, 3.05) is 7.11 Å². The number of ether oxygens (including phenoxy) is 1. The summed E-state index contributed by atoms with van der Waals surface area (Å²) >= 11 is 0. The molecule has 16 heavy (non-hydrogen) atoms. The van der Waals surface area contributed by atoms with Crippen LogP contribution in [0.3, 0.4) is 0 Å². The van der Waals surface area contributed by atoms with E-state index in [1.807, 2.05) is 24.3 Å². The highest BCUT2D eigenvalue weighted by Gasteiger charge is 2.04. The number of rotatable bonds is 1. The summed E-state index contributed by atoms with van der Waals surface area (Å²) in [5.74, 6) is 11.6. The Bertz CT molecular complexity index is 473. The van der Waals surface area contributed by atoms with E-state index in [-0.39, 0.29) is 0 Å². The molecule has 0 fully saturated rings. The molecule has 1 rings (SSSR count). The van der Waals surface area contributed by atoms with Gasteiger partial charge in [-0.1, -0.05) is 17.9 Å². The topological polar surface area (TPSA) is 29.5 Å². The van der Waals surface area contributed by atoms with E-state index in [2.05, 4.69) is 23.7 Å². The summed E-state index contributed by atoms with van der Waals surface area (Å²) in [4.78, 5) is 0. The van der Waals surface area contributed by atoms with Gasteiger partial charge in [0.25, 0.3) is 0 Å². The lowest BCUT2D eigenvalue weighted by Gasteiger charge is -2.04. The summed E-state index contributed by atoms with van der Waals surface area (Å²) in [6.07, 6.45) is 0. The fourth-order valence-electron chi connectivity index (χ4n) is 0.988. The molecule has 0 spiro atoms. The van der Waals surface area contributed by atoms with E-state index in [0.29, 0.717) is 0 Å². The first-order chi connectivity index (χ1) is 7.51. The second-order valence-electron chi connectivity index (χ2n) is 3.79. The van der Waals surface area contributed by atoms with Gasteiger partial charge in [0.1, 0.15) is 11.4 Å². The maximum absolute atomic E-state index is 9.34. The van der Waals surface area contributed by atoms with Gasteiger partial charge in [-0.2, -0.15) is 0 Å². The van der Waals surface area contributed by atoms with Crippen LogP contribution in [0.5, 0.6) is 5.75 Å². The molecular weight excluding hydrogens is 200 g/mol. The highest BCUT2D eigenvalue weighted by atomic mass is 16.5. The molecule has 0 radical (unpaired) electrons. The summed E-state index contributed by atoms with van der Waals surface area (Å²) in [6, 6.07) is 7.43. The molecule has 0 atom stereocenters. The van der Waals surface area contributed by atoms with E-state index >= 15 is 0 Å². The summed E-state index contributed by atoms with van der Waals surface area (Å²) in [5, 5.41) is 9.34. The maximum atomic E-state index is 9.34. The summed E-state index contributed by atoms with van der Waals surface area (Å²) in [5.41, 5.74) is -0.160. The van der Waals surface area contributed by atoms with Crippen molar-refractivity contribution in [2.45, 2.75) is 19.4 Å². The number of methoxy groups -OCH3 is 1. The molecule has 0 unspecified atom stereocenters. The van der Waals surface area contributed by atoms with Gasteiger partial charge in [0.2, 0.25) is 0 Å². The van der Waals surface area contributed by atoms with E-state index in [0.717, 1.165) is 11.3 Å². The van der Waals surface area contributed by atoms with Crippen LogP contribution < -0.4 is 4.74 Å². The van der Waals surface area contributed by atoms with Crippen molar-refractivity contribution < 1.29 is 9.84 Å². The second-order valence-corrected chi connectivity index (χ2v) is 3.79. The Kier molecular flexibility index (Phi) is 4.00. The van der Waals surface area contributed by atoms with Crippen molar-refractivity contribution in [1.29, 1.82) is 0 Å². The average molecular weight is 214 g/mol. The molecule has 0 heterocycles. The third-order valence-electron chi connectivity index (χ3n) is 1.71. The quantitative estimate of drug-likeness (QED) is 0.723. The Hall–Kier alpha value is -1.90. The van der Waals surface area contributed by atoms with E-state index in [1.54, 1.807) is 21.0 Å². The monoisotopic (exact) mass is 214 g/mol. The SMILES string of the molecule is COc1cccc(C#CC#CC(C)(C)O)c1. The van der Waals surface area contributed by atoms with Crippen LogP contribution in [0.25, 0.3) is 0 Å². The van der Waals surface area contributed by atoms with Crippen LogP contribution in [0.2, 0.25) is 0 Å². The Morgan fingerprint density at radius 3 is 2.62 bits per heavy atom. The molecule has 2 heteroatoms. The van der Waals surface area contributed by atoms with Crippen molar-refractivity contribution in [2.24, 2.45) is 0 Å². The molecule has 1 aromatic carbocycles. The molecule has 0 saturated heterocycles. The van der Waals surface area contributed by atoms with Gasteiger partial charge in [-0.25, -0.2) is 0 Å². The first kappa shape index (κ1) is 12.2. The minimum atomic E-state index is -0.997. The van der Waals surface area contributed by atoms with E-state index < -0.39 is 5.60 Å². The molecule has 0 aromatic heterocycles. The standard InChI is InChI=1S/C14H14O2/c1-14(2,15)10-5-4-7-12-8-6-9-13(11-12)16-3/h6,8-9,11,15H,1-3H3. The minimum Gasteiger partial charge on any atom is -0.497 e. The number of hydrogen-bond acceptors (Lipinski definition) is 2. The Morgan fingerprint density at radius 2 is 2.00 bits per heavy atom. The number of hydrogen-bond donors (Lipinski definition) is 1. The highest BCUT2D eigenvalue weighted by molar-refractivity contribution is 5.43. The zero-order valence-corrected chi connectivity index (χ0v) is 9.66. The molecule has 0 amide bonds. The van der Waals surface area contributed by atoms with Gasteiger partial charge in [0, 0.05) is 5.56 Å². The van der Waals surface area contributed by atoms with Crippen LogP contribution in [-0.4, -0.2) is 17.8 Å². The summed E-state index contributed by atoms with van der Waals surface area (Å²) < 4.78 is 5.07. The molecule has 82 valence electrons. The number of aliphatic hydroxyl groups is 1. The summed E-state index contributed by atoms with van der Waals surface area (Å²) in [6.45, 7) is 3.24. The van der Waals surface area contributed by atoms with E-state index in [4.69, 9.17) is 4.74 Å². The molecule has 0 aliphatic rings. The van der Waals surface area contributed by atoms with Gasteiger partial charge in [-0.15, -0.1) is 0 Å². The molecule has 1 N–H and O–H groups in total. The van der Waals surface area contributed by atoms with Gasteiger partial charge >= 0.3 is 0 Å². The Balaban J connectivity index is 2.80. The third kappa shape index (κ3) is 4.55. The molecule has 1 aromatic rings. The lowest BCUT2D eigenvalue weighted by atomic mass is 10.1. The predicted octanol–water partition coefficient (Wildman–Crippen LogP) is 1.82. The Morgan fingerprint density at radius 1 is 1.25 bits per heavy atom. The zero-order valence-electron chi connectivity index (χ0n) is 9.66. The lowest BCUT2D eigenvalue weighted by Crippen LogP contribution is -2.14. The van der Waals surface area contributed by atoms with Crippen molar-refractivity contribution in [3.05, 3.63) is 29.8 Å². The first-order valence-corrected chi connectivity index (χ1v) is 4.91. The smallest absolute Gasteiger partial charge is 0.120 e. The van der Waals surface area contributed by atoms with Crippen LogP contribution in [0.4, 0.5) is 0 Å². The van der Waals surface area contributed by atoms with Crippen molar-refractivity contribution in [3.63, 3.8) is 0 Å². The molecule has 0 bridgehead atoms. The molecule has 2 nitrogen and oxygen atoms in total. The van der Waals surface area contributed by atoms with Crippen LogP contribution in [-0.2, 0) is 0 Å². The van der Waals surface area contributed by atoms with Crippen molar-refractivity contribution >= 4 is 0 Å². The second kappa shape index (κ2) is 5.26.